The second-order valence-electron chi connectivity index (χ2n) is 4.16. The number of hydrogen-bond donors (Lipinski definition) is 0. The molecule has 0 fully saturated rings. The summed E-state index contributed by atoms with van der Waals surface area (Å²) >= 11 is 1.31. The maximum Gasteiger partial charge on any atom is 0.291 e. The van der Waals surface area contributed by atoms with E-state index in [4.69, 9.17) is 4.52 Å². The molecule has 0 aromatic heterocycles. The molecule has 1 atom stereocenters. The van der Waals surface area contributed by atoms with E-state index in [2.05, 4.69) is 0 Å². The quantitative estimate of drug-likeness (QED) is 0.751. The van der Waals surface area contributed by atoms with E-state index in [-0.39, 0.29) is 0 Å². The van der Waals surface area contributed by atoms with Crippen molar-refractivity contribution in [1.82, 2.24) is 0 Å². The molecular formula is C15H17O2PS. The zero-order valence-corrected chi connectivity index (χ0v) is 12.8. The molecule has 0 amide bonds. The molecule has 0 aliphatic carbocycles. The van der Waals surface area contributed by atoms with Gasteiger partial charge >= 0.3 is 0 Å². The van der Waals surface area contributed by atoms with Crippen molar-refractivity contribution in [3.63, 3.8) is 0 Å². The molecule has 1 unspecified atom stereocenters. The third kappa shape index (κ3) is 3.73. The molecule has 0 heterocycles. The zero-order chi connectivity index (χ0) is 13.7. The van der Waals surface area contributed by atoms with Crippen molar-refractivity contribution < 1.29 is 9.09 Å². The Hall–Kier alpha value is -1.02. The highest BCUT2D eigenvalue weighted by molar-refractivity contribution is 8.58. The van der Waals surface area contributed by atoms with Gasteiger partial charge in [0.1, 0.15) is 0 Å². The van der Waals surface area contributed by atoms with Crippen LogP contribution in [-0.2, 0) is 9.09 Å². The molecule has 0 bridgehead atoms. The summed E-state index contributed by atoms with van der Waals surface area (Å²) in [6.07, 6.45) is 0. The molecule has 0 N–H and O–H groups in total. The van der Waals surface area contributed by atoms with Gasteiger partial charge in [-0.15, -0.1) is 0 Å². The summed E-state index contributed by atoms with van der Waals surface area (Å²) in [5.74, 6) is 0. The largest absolute Gasteiger partial charge is 0.318 e. The van der Waals surface area contributed by atoms with Gasteiger partial charge in [0.2, 0.25) is 0 Å². The van der Waals surface area contributed by atoms with Crippen LogP contribution in [0.25, 0.3) is 0 Å². The van der Waals surface area contributed by atoms with Gasteiger partial charge in [-0.2, -0.15) is 0 Å². The lowest BCUT2D eigenvalue weighted by Gasteiger charge is -2.17. The Morgan fingerprint density at radius 2 is 1.68 bits per heavy atom. The summed E-state index contributed by atoms with van der Waals surface area (Å²) in [5, 5.41) is 0.752. The van der Waals surface area contributed by atoms with E-state index in [1.807, 2.05) is 68.4 Å². The van der Waals surface area contributed by atoms with Crippen molar-refractivity contribution in [2.75, 3.05) is 6.61 Å². The Morgan fingerprint density at radius 1 is 1.05 bits per heavy atom. The van der Waals surface area contributed by atoms with E-state index < -0.39 is 6.57 Å². The Balaban J connectivity index is 2.30. The number of rotatable bonds is 5. The predicted octanol–water partition coefficient (Wildman–Crippen LogP) is 4.64. The molecular weight excluding hydrogens is 275 g/mol. The fourth-order valence-electron chi connectivity index (χ4n) is 1.67. The monoisotopic (exact) mass is 292 g/mol. The van der Waals surface area contributed by atoms with Gasteiger partial charge in [-0.25, -0.2) is 0 Å². The SMILES string of the molecule is CCOP(=O)(Sc1ccc(C)cc1)c1ccccc1. The molecule has 0 aliphatic rings. The minimum atomic E-state index is -2.89. The molecule has 4 heteroatoms. The smallest absolute Gasteiger partial charge is 0.291 e. The number of aryl methyl sites for hydroxylation is 1. The van der Waals surface area contributed by atoms with E-state index in [9.17, 15) is 4.57 Å². The maximum atomic E-state index is 13.0. The van der Waals surface area contributed by atoms with Crippen LogP contribution in [0, 0.1) is 6.92 Å². The Bertz CT molecular complexity index is 566. The van der Waals surface area contributed by atoms with Crippen molar-refractivity contribution in [1.29, 1.82) is 0 Å². The van der Waals surface area contributed by atoms with Crippen LogP contribution in [0.2, 0.25) is 0 Å². The van der Waals surface area contributed by atoms with E-state index >= 15 is 0 Å². The lowest BCUT2D eigenvalue weighted by molar-refractivity contribution is 0.353. The predicted molar refractivity (Wildman–Crippen MR) is 82.3 cm³/mol. The first-order chi connectivity index (χ1) is 9.14. The van der Waals surface area contributed by atoms with Crippen LogP contribution in [0.5, 0.6) is 0 Å². The molecule has 2 aromatic carbocycles. The average molecular weight is 292 g/mol. The van der Waals surface area contributed by atoms with Gasteiger partial charge in [-0.1, -0.05) is 35.9 Å². The van der Waals surface area contributed by atoms with Crippen molar-refractivity contribution in [3.05, 3.63) is 60.2 Å². The van der Waals surface area contributed by atoms with E-state index in [0.29, 0.717) is 6.61 Å². The van der Waals surface area contributed by atoms with E-state index in [1.54, 1.807) is 0 Å². The van der Waals surface area contributed by atoms with Crippen molar-refractivity contribution >= 4 is 23.3 Å². The first-order valence-corrected chi connectivity index (χ1v) is 9.25. The third-order valence-corrected chi connectivity index (χ3v) is 7.17. The van der Waals surface area contributed by atoms with Gasteiger partial charge in [0, 0.05) is 10.2 Å². The zero-order valence-electron chi connectivity index (χ0n) is 11.1. The van der Waals surface area contributed by atoms with Crippen LogP contribution in [-0.4, -0.2) is 6.61 Å². The fourth-order valence-corrected chi connectivity index (χ4v) is 5.75. The maximum absolute atomic E-state index is 13.0. The lowest BCUT2D eigenvalue weighted by Crippen LogP contribution is -2.04. The topological polar surface area (TPSA) is 26.3 Å². The van der Waals surface area contributed by atoms with Crippen LogP contribution in [0.1, 0.15) is 12.5 Å². The standard InChI is InChI=1S/C15H17O2PS/c1-3-17-18(16,14-7-5-4-6-8-14)19-15-11-9-13(2)10-12-15/h4-12H,3H2,1-2H3. The summed E-state index contributed by atoms with van der Waals surface area (Å²) in [5.41, 5.74) is 1.19. The Kier molecular flexibility index (Phi) is 4.87. The van der Waals surface area contributed by atoms with Gasteiger partial charge in [0.05, 0.1) is 6.61 Å². The highest BCUT2D eigenvalue weighted by Crippen LogP contribution is 2.61. The van der Waals surface area contributed by atoms with Gasteiger partial charge in [0.25, 0.3) is 6.57 Å². The number of benzene rings is 2. The number of hydrogen-bond acceptors (Lipinski definition) is 3. The molecule has 0 aliphatic heterocycles. The van der Waals surface area contributed by atoms with E-state index in [1.165, 1.54) is 16.9 Å². The highest BCUT2D eigenvalue weighted by Gasteiger charge is 2.26. The molecule has 19 heavy (non-hydrogen) atoms. The second kappa shape index (κ2) is 6.42. The van der Waals surface area contributed by atoms with Gasteiger partial charge in [-0.3, -0.25) is 4.57 Å². The third-order valence-electron chi connectivity index (χ3n) is 2.62. The van der Waals surface area contributed by atoms with Crippen LogP contribution in [0.3, 0.4) is 0 Å². The minimum absolute atomic E-state index is 0.436. The Morgan fingerprint density at radius 3 is 2.26 bits per heavy atom. The molecule has 0 spiro atoms. The average Bonchev–Trinajstić information content (AvgIpc) is 2.43. The lowest BCUT2D eigenvalue weighted by atomic mass is 10.2. The molecule has 0 radical (unpaired) electrons. The summed E-state index contributed by atoms with van der Waals surface area (Å²) in [6, 6.07) is 17.4. The first kappa shape index (κ1) is 14.4. The van der Waals surface area contributed by atoms with Crippen molar-refractivity contribution in [2.45, 2.75) is 18.7 Å². The van der Waals surface area contributed by atoms with E-state index in [0.717, 1.165) is 10.2 Å². The summed E-state index contributed by atoms with van der Waals surface area (Å²) in [6.45, 7) is 1.45. The Labute approximate surface area is 118 Å². The summed E-state index contributed by atoms with van der Waals surface area (Å²) in [4.78, 5) is 0.964. The molecule has 2 rings (SSSR count). The van der Waals surface area contributed by atoms with Crippen LogP contribution in [0.15, 0.2) is 59.5 Å². The summed E-state index contributed by atoms with van der Waals surface area (Å²) in [7, 11) is 0. The molecule has 2 nitrogen and oxygen atoms in total. The normalized spacial score (nSPS) is 14.0. The van der Waals surface area contributed by atoms with Crippen molar-refractivity contribution in [3.8, 4) is 0 Å². The second-order valence-corrected chi connectivity index (χ2v) is 8.57. The first-order valence-electron chi connectivity index (χ1n) is 6.20. The van der Waals surface area contributed by atoms with Crippen molar-refractivity contribution in [2.24, 2.45) is 0 Å². The van der Waals surface area contributed by atoms with Gasteiger partial charge in [-0.05, 0) is 49.5 Å². The van der Waals surface area contributed by atoms with Crippen LogP contribution in [0.4, 0.5) is 0 Å². The van der Waals surface area contributed by atoms with Gasteiger partial charge in [0.15, 0.2) is 0 Å². The summed E-state index contributed by atoms with van der Waals surface area (Å²) < 4.78 is 18.6. The molecule has 0 saturated heterocycles. The fraction of sp³-hybridized carbons (Fsp3) is 0.200. The van der Waals surface area contributed by atoms with Gasteiger partial charge < -0.3 is 4.52 Å². The molecule has 0 saturated carbocycles. The van der Waals surface area contributed by atoms with Crippen LogP contribution >= 0.6 is 18.0 Å². The molecule has 2 aromatic rings. The molecule has 100 valence electrons. The minimum Gasteiger partial charge on any atom is -0.318 e. The highest BCUT2D eigenvalue weighted by atomic mass is 32.7. The van der Waals surface area contributed by atoms with Crippen LogP contribution < -0.4 is 5.30 Å².